The third-order valence-electron chi connectivity index (χ3n) is 3.35. The van der Waals surface area contributed by atoms with E-state index in [0.717, 1.165) is 30.0 Å². The highest BCUT2D eigenvalue weighted by molar-refractivity contribution is 5.61. The summed E-state index contributed by atoms with van der Waals surface area (Å²) in [5.74, 6) is 0. The maximum absolute atomic E-state index is 4.56. The zero-order chi connectivity index (χ0) is 14.7. The fraction of sp³-hybridized carbons (Fsp3) is 0.250. The lowest BCUT2D eigenvalue weighted by molar-refractivity contribution is 0.724. The fourth-order valence-electron chi connectivity index (χ4n) is 2.34. The molecule has 0 unspecified atom stereocenters. The molecule has 2 heterocycles. The van der Waals surface area contributed by atoms with Crippen LogP contribution in [0.5, 0.6) is 0 Å². The molecule has 0 fully saturated rings. The Morgan fingerprint density at radius 2 is 1.95 bits per heavy atom. The standard InChI is InChI=1S/C16H19N5/c1-3-17-9-13-11-20(2)19-16(13)14-10-18-21(12-14)15-7-5-4-6-8-15/h4-8,10-12,17H,3,9H2,1-2H3. The molecule has 5 heteroatoms. The van der Waals surface area contributed by atoms with E-state index in [4.69, 9.17) is 0 Å². The van der Waals surface area contributed by atoms with Crippen molar-refractivity contribution in [1.29, 1.82) is 0 Å². The molecule has 3 rings (SSSR count). The SMILES string of the molecule is CCNCc1cn(C)nc1-c1cnn(-c2ccccc2)c1. The molecular formula is C16H19N5. The zero-order valence-corrected chi connectivity index (χ0v) is 12.3. The Labute approximate surface area is 124 Å². The third-order valence-corrected chi connectivity index (χ3v) is 3.35. The number of para-hydroxylation sites is 1. The minimum absolute atomic E-state index is 0.816. The Bertz CT molecular complexity index is 711. The van der Waals surface area contributed by atoms with Crippen molar-refractivity contribution in [3.05, 3.63) is 54.5 Å². The van der Waals surface area contributed by atoms with Crippen LogP contribution in [-0.4, -0.2) is 26.1 Å². The van der Waals surface area contributed by atoms with Gasteiger partial charge in [-0.3, -0.25) is 4.68 Å². The molecule has 108 valence electrons. The summed E-state index contributed by atoms with van der Waals surface area (Å²) in [5.41, 5.74) is 4.26. The first kappa shape index (κ1) is 13.6. The van der Waals surface area contributed by atoms with Gasteiger partial charge in [0.25, 0.3) is 0 Å². The summed E-state index contributed by atoms with van der Waals surface area (Å²) < 4.78 is 3.73. The van der Waals surface area contributed by atoms with Gasteiger partial charge in [0, 0.05) is 37.1 Å². The van der Waals surface area contributed by atoms with Gasteiger partial charge >= 0.3 is 0 Å². The number of rotatable bonds is 5. The van der Waals surface area contributed by atoms with Crippen molar-refractivity contribution < 1.29 is 0 Å². The van der Waals surface area contributed by atoms with E-state index in [1.807, 2.05) is 59.1 Å². The van der Waals surface area contributed by atoms with Crippen molar-refractivity contribution in [3.8, 4) is 16.9 Å². The summed E-state index contributed by atoms with van der Waals surface area (Å²) in [6.45, 7) is 3.86. The molecule has 21 heavy (non-hydrogen) atoms. The number of nitrogens with zero attached hydrogens (tertiary/aromatic N) is 4. The number of hydrogen-bond acceptors (Lipinski definition) is 3. The summed E-state index contributed by atoms with van der Waals surface area (Å²) in [5, 5.41) is 12.4. The summed E-state index contributed by atoms with van der Waals surface area (Å²) in [4.78, 5) is 0. The number of benzene rings is 1. The molecule has 0 amide bonds. The molecular weight excluding hydrogens is 262 g/mol. The lowest BCUT2D eigenvalue weighted by Gasteiger charge is -2.01. The summed E-state index contributed by atoms with van der Waals surface area (Å²) in [7, 11) is 1.95. The molecule has 0 spiro atoms. The van der Waals surface area contributed by atoms with Gasteiger partial charge in [-0.25, -0.2) is 4.68 Å². The van der Waals surface area contributed by atoms with Gasteiger partial charge in [0.15, 0.2) is 0 Å². The van der Waals surface area contributed by atoms with Gasteiger partial charge in [-0.15, -0.1) is 0 Å². The monoisotopic (exact) mass is 281 g/mol. The van der Waals surface area contributed by atoms with Crippen LogP contribution in [0.1, 0.15) is 12.5 Å². The first-order chi connectivity index (χ1) is 10.3. The Hall–Kier alpha value is -2.40. The van der Waals surface area contributed by atoms with Crippen LogP contribution < -0.4 is 5.32 Å². The fourth-order valence-corrected chi connectivity index (χ4v) is 2.34. The maximum atomic E-state index is 4.56. The van der Waals surface area contributed by atoms with Gasteiger partial charge < -0.3 is 5.32 Å². The number of hydrogen-bond donors (Lipinski definition) is 1. The number of aromatic nitrogens is 4. The Morgan fingerprint density at radius 1 is 1.14 bits per heavy atom. The van der Waals surface area contributed by atoms with E-state index in [1.165, 1.54) is 5.56 Å². The van der Waals surface area contributed by atoms with Gasteiger partial charge in [-0.05, 0) is 18.7 Å². The van der Waals surface area contributed by atoms with Crippen LogP contribution >= 0.6 is 0 Å². The van der Waals surface area contributed by atoms with Crippen LogP contribution in [0.25, 0.3) is 16.9 Å². The van der Waals surface area contributed by atoms with E-state index in [1.54, 1.807) is 0 Å². The topological polar surface area (TPSA) is 47.7 Å². The second-order valence-electron chi connectivity index (χ2n) is 4.97. The molecule has 0 aliphatic rings. The smallest absolute Gasteiger partial charge is 0.0999 e. The highest BCUT2D eigenvalue weighted by Gasteiger charge is 2.12. The summed E-state index contributed by atoms with van der Waals surface area (Å²) >= 11 is 0. The largest absolute Gasteiger partial charge is 0.313 e. The van der Waals surface area contributed by atoms with E-state index in [2.05, 4.69) is 28.6 Å². The van der Waals surface area contributed by atoms with Crippen molar-refractivity contribution >= 4 is 0 Å². The van der Waals surface area contributed by atoms with E-state index in [-0.39, 0.29) is 0 Å². The van der Waals surface area contributed by atoms with Gasteiger partial charge in [0.05, 0.1) is 17.6 Å². The van der Waals surface area contributed by atoms with Crippen molar-refractivity contribution in [1.82, 2.24) is 24.9 Å². The molecule has 0 saturated heterocycles. The van der Waals surface area contributed by atoms with Gasteiger partial charge in [0.2, 0.25) is 0 Å². The first-order valence-electron chi connectivity index (χ1n) is 7.11. The molecule has 0 bridgehead atoms. The second kappa shape index (κ2) is 5.93. The Kier molecular flexibility index (Phi) is 3.83. The van der Waals surface area contributed by atoms with Crippen LogP contribution in [0.4, 0.5) is 0 Å². The highest BCUT2D eigenvalue weighted by atomic mass is 15.3. The van der Waals surface area contributed by atoms with E-state index in [9.17, 15) is 0 Å². The molecule has 3 aromatic rings. The van der Waals surface area contributed by atoms with Crippen LogP contribution in [0, 0.1) is 0 Å². The highest BCUT2D eigenvalue weighted by Crippen LogP contribution is 2.22. The average molecular weight is 281 g/mol. The van der Waals surface area contributed by atoms with Crippen molar-refractivity contribution in [2.45, 2.75) is 13.5 Å². The second-order valence-corrected chi connectivity index (χ2v) is 4.97. The molecule has 5 nitrogen and oxygen atoms in total. The van der Waals surface area contributed by atoms with Crippen molar-refractivity contribution in [2.75, 3.05) is 6.54 Å². The molecule has 2 aromatic heterocycles. The molecule has 0 radical (unpaired) electrons. The zero-order valence-electron chi connectivity index (χ0n) is 12.3. The molecule has 0 aliphatic heterocycles. The summed E-state index contributed by atoms with van der Waals surface area (Å²) in [6, 6.07) is 10.1. The normalized spacial score (nSPS) is 11.0. The minimum atomic E-state index is 0.816. The molecule has 0 atom stereocenters. The van der Waals surface area contributed by atoms with E-state index < -0.39 is 0 Å². The van der Waals surface area contributed by atoms with Gasteiger partial charge in [-0.2, -0.15) is 10.2 Å². The van der Waals surface area contributed by atoms with Gasteiger partial charge in [0.1, 0.15) is 0 Å². The molecule has 0 aliphatic carbocycles. The predicted molar refractivity (Wildman–Crippen MR) is 83.1 cm³/mol. The van der Waals surface area contributed by atoms with E-state index >= 15 is 0 Å². The van der Waals surface area contributed by atoms with Crippen molar-refractivity contribution in [3.63, 3.8) is 0 Å². The number of nitrogens with one attached hydrogen (secondary N) is 1. The van der Waals surface area contributed by atoms with Crippen LogP contribution in [0.3, 0.4) is 0 Å². The Morgan fingerprint density at radius 3 is 2.71 bits per heavy atom. The third kappa shape index (κ3) is 2.87. The average Bonchev–Trinajstić information content (AvgIpc) is 3.12. The number of aryl methyl sites for hydroxylation is 1. The van der Waals surface area contributed by atoms with Crippen LogP contribution in [-0.2, 0) is 13.6 Å². The lowest BCUT2D eigenvalue weighted by Crippen LogP contribution is -2.11. The minimum Gasteiger partial charge on any atom is -0.313 e. The molecule has 0 saturated carbocycles. The first-order valence-corrected chi connectivity index (χ1v) is 7.11. The maximum Gasteiger partial charge on any atom is 0.0999 e. The van der Waals surface area contributed by atoms with Gasteiger partial charge in [-0.1, -0.05) is 25.1 Å². The summed E-state index contributed by atoms with van der Waals surface area (Å²) in [6.07, 6.45) is 5.94. The predicted octanol–water partition coefficient (Wildman–Crippen LogP) is 2.38. The quantitative estimate of drug-likeness (QED) is 0.781. The van der Waals surface area contributed by atoms with Crippen LogP contribution in [0.2, 0.25) is 0 Å². The van der Waals surface area contributed by atoms with Crippen LogP contribution in [0.15, 0.2) is 48.9 Å². The molecule has 1 N–H and O–H groups in total. The lowest BCUT2D eigenvalue weighted by atomic mass is 10.1. The molecule has 1 aromatic carbocycles. The Balaban J connectivity index is 1.93. The van der Waals surface area contributed by atoms with E-state index in [0.29, 0.717) is 0 Å². The van der Waals surface area contributed by atoms with Crippen molar-refractivity contribution in [2.24, 2.45) is 7.05 Å².